The van der Waals surface area contributed by atoms with Crippen molar-refractivity contribution in [2.45, 2.75) is 13.0 Å². The van der Waals surface area contributed by atoms with Crippen molar-refractivity contribution in [3.63, 3.8) is 0 Å². The van der Waals surface area contributed by atoms with Crippen molar-refractivity contribution < 1.29 is 4.74 Å². The highest BCUT2D eigenvalue weighted by molar-refractivity contribution is 7.15. The van der Waals surface area contributed by atoms with Crippen molar-refractivity contribution in [2.75, 3.05) is 20.2 Å². The second-order valence-corrected chi connectivity index (χ2v) is 4.32. The van der Waals surface area contributed by atoms with Crippen LogP contribution in [-0.2, 0) is 6.54 Å². The van der Waals surface area contributed by atoms with Gasteiger partial charge in [0.25, 0.3) is 0 Å². The first-order valence-corrected chi connectivity index (χ1v) is 6.14. The van der Waals surface area contributed by atoms with E-state index in [2.05, 4.69) is 14.7 Å². The summed E-state index contributed by atoms with van der Waals surface area (Å²) in [5.74, 6) is 0.701. The van der Waals surface area contributed by atoms with Crippen molar-refractivity contribution in [3.05, 3.63) is 17.3 Å². The third kappa shape index (κ3) is 2.18. The number of aromatic nitrogens is 2. The number of nitrogens with one attached hydrogen (secondary N) is 1. The van der Waals surface area contributed by atoms with E-state index < -0.39 is 0 Å². The molecule has 0 aromatic carbocycles. The fourth-order valence-electron chi connectivity index (χ4n) is 1.57. The molecule has 0 aliphatic carbocycles. The topological polar surface area (TPSA) is 64.6 Å². The Bertz CT molecular complexity index is 451. The van der Waals surface area contributed by atoms with Gasteiger partial charge in [-0.15, -0.1) is 11.3 Å². The van der Waals surface area contributed by atoms with Crippen LogP contribution in [-0.4, -0.2) is 29.6 Å². The van der Waals surface area contributed by atoms with Gasteiger partial charge in [0.2, 0.25) is 5.88 Å². The average Bonchev–Trinajstić information content (AvgIpc) is 2.85. The van der Waals surface area contributed by atoms with E-state index in [-0.39, 0.29) is 0 Å². The number of fused-ring (bicyclic) bond motifs is 1. The highest BCUT2D eigenvalue weighted by atomic mass is 32.1. The number of ether oxygens (including phenoxy) is 1. The summed E-state index contributed by atoms with van der Waals surface area (Å²) in [7, 11) is 1.65. The molecule has 0 unspecified atom stereocenters. The van der Waals surface area contributed by atoms with Crippen molar-refractivity contribution in [1.82, 2.24) is 14.7 Å². The Balaban J connectivity index is 2.10. The third-order valence-electron chi connectivity index (χ3n) is 2.37. The van der Waals surface area contributed by atoms with E-state index in [0.717, 1.165) is 30.2 Å². The summed E-state index contributed by atoms with van der Waals surface area (Å²) in [6, 6.07) is 0. The molecule has 0 radical (unpaired) electrons. The normalized spacial score (nSPS) is 11.1. The average molecular weight is 240 g/mol. The van der Waals surface area contributed by atoms with E-state index in [4.69, 9.17) is 10.5 Å². The maximum absolute atomic E-state index is 5.44. The molecule has 0 amide bonds. The number of methoxy groups -OCH3 is 1. The SMILES string of the molecule is COc1nc2sccn2c1CNCCCN. The molecule has 0 saturated heterocycles. The monoisotopic (exact) mass is 240 g/mol. The second kappa shape index (κ2) is 5.29. The van der Waals surface area contributed by atoms with Crippen LogP contribution < -0.4 is 15.8 Å². The molecule has 2 aromatic rings. The molecular weight excluding hydrogens is 224 g/mol. The van der Waals surface area contributed by atoms with Crippen LogP contribution in [0.25, 0.3) is 4.96 Å². The Morgan fingerprint density at radius 1 is 1.62 bits per heavy atom. The van der Waals surface area contributed by atoms with Crippen molar-refractivity contribution in [3.8, 4) is 5.88 Å². The fourth-order valence-corrected chi connectivity index (χ4v) is 2.30. The summed E-state index contributed by atoms with van der Waals surface area (Å²) in [5, 5.41) is 5.35. The minimum absolute atomic E-state index is 0.701. The van der Waals surface area contributed by atoms with Gasteiger partial charge < -0.3 is 15.8 Å². The van der Waals surface area contributed by atoms with Gasteiger partial charge in [-0.1, -0.05) is 0 Å². The van der Waals surface area contributed by atoms with Crippen LogP contribution in [0.15, 0.2) is 11.6 Å². The number of hydrogen-bond acceptors (Lipinski definition) is 5. The summed E-state index contributed by atoms with van der Waals surface area (Å²) in [4.78, 5) is 5.35. The lowest BCUT2D eigenvalue weighted by Crippen LogP contribution is -2.18. The Labute approximate surface area is 98.2 Å². The molecule has 0 spiro atoms. The molecule has 0 bridgehead atoms. The summed E-state index contributed by atoms with van der Waals surface area (Å²) in [6.07, 6.45) is 2.99. The number of rotatable bonds is 6. The van der Waals surface area contributed by atoms with Crippen molar-refractivity contribution in [1.29, 1.82) is 0 Å². The van der Waals surface area contributed by atoms with Crippen molar-refractivity contribution >= 4 is 16.3 Å². The van der Waals surface area contributed by atoms with Gasteiger partial charge >= 0.3 is 0 Å². The minimum Gasteiger partial charge on any atom is -0.480 e. The molecule has 16 heavy (non-hydrogen) atoms. The molecule has 0 saturated carbocycles. The van der Waals surface area contributed by atoms with Crippen molar-refractivity contribution in [2.24, 2.45) is 5.73 Å². The predicted octanol–water partition coefficient (Wildman–Crippen LogP) is 0.843. The van der Waals surface area contributed by atoms with E-state index in [1.165, 1.54) is 0 Å². The maximum atomic E-state index is 5.44. The van der Waals surface area contributed by atoms with Gasteiger partial charge in [0.15, 0.2) is 4.96 Å². The van der Waals surface area contributed by atoms with E-state index in [1.807, 2.05) is 11.6 Å². The predicted molar refractivity (Wildman–Crippen MR) is 65.0 cm³/mol. The van der Waals surface area contributed by atoms with Crippen LogP contribution in [0.2, 0.25) is 0 Å². The summed E-state index contributed by atoms with van der Waals surface area (Å²) >= 11 is 1.61. The summed E-state index contributed by atoms with van der Waals surface area (Å²) in [5.41, 5.74) is 6.50. The first-order valence-electron chi connectivity index (χ1n) is 5.26. The lowest BCUT2D eigenvalue weighted by molar-refractivity contribution is 0.393. The van der Waals surface area contributed by atoms with Crippen LogP contribution in [0.1, 0.15) is 12.1 Å². The number of hydrogen-bond donors (Lipinski definition) is 2. The van der Waals surface area contributed by atoms with Crippen LogP contribution in [0.3, 0.4) is 0 Å². The van der Waals surface area contributed by atoms with Gasteiger partial charge in [-0.3, -0.25) is 4.40 Å². The van der Waals surface area contributed by atoms with E-state index >= 15 is 0 Å². The summed E-state index contributed by atoms with van der Waals surface area (Å²) < 4.78 is 7.31. The van der Waals surface area contributed by atoms with Gasteiger partial charge in [-0.25, -0.2) is 0 Å². The van der Waals surface area contributed by atoms with Gasteiger partial charge in [-0.05, 0) is 19.5 Å². The lowest BCUT2D eigenvalue weighted by atomic mass is 10.4. The molecule has 3 N–H and O–H groups in total. The molecule has 2 heterocycles. The summed E-state index contributed by atoms with van der Waals surface area (Å²) in [6.45, 7) is 2.38. The number of thiazole rings is 1. The van der Waals surface area contributed by atoms with E-state index in [1.54, 1.807) is 18.4 Å². The molecule has 2 aromatic heterocycles. The minimum atomic E-state index is 0.701. The quantitative estimate of drug-likeness (QED) is 0.735. The molecule has 0 aliphatic rings. The molecule has 0 aliphatic heterocycles. The van der Waals surface area contributed by atoms with Gasteiger partial charge in [0.1, 0.15) is 5.69 Å². The fraction of sp³-hybridized carbons (Fsp3) is 0.500. The molecule has 6 heteroatoms. The zero-order valence-electron chi connectivity index (χ0n) is 9.27. The largest absolute Gasteiger partial charge is 0.480 e. The molecule has 0 fully saturated rings. The Kier molecular flexibility index (Phi) is 3.76. The van der Waals surface area contributed by atoms with Gasteiger partial charge in [0, 0.05) is 18.1 Å². The Morgan fingerprint density at radius 3 is 3.25 bits per heavy atom. The Morgan fingerprint density at radius 2 is 2.50 bits per heavy atom. The number of imidazole rings is 1. The molecule has 88 valence electrons. The first kappa shape index (κ1) is 11.4. The van der Waals surface area contributed by atoms with E-state index in [9.17, 15) is 0 Å². The molecule has 0 atom stereocenters. The maximum Gasteiger partial charge on any atom is 0.237 e. The lowest BCUT2D eigenvalue weighted by Gasteiger charge is -2.04. The highest BCUT2D eigenvalue weighted by Crippen LogP contribution is 2.22. The Hall–Kier alpha value is -1.11. The zero-order chi connectivity index (χ0) is 11.4. The zero-order valence-corrected chi connectivity index (χ0v) is 10.1. The van der Waals surface area contributed by atoms with Crippen LogP contribution in [0.4, 0.5) is 0 Å². The smallest absolute Gasteiger partial charge is 0.237 e. The number of nitrogens with zero attached hydrogens (tertiary/aromatic N) is 2. The molecule has 2 rings (SSSR count). The highest BCUT2D eigenvalue weighted by Gasteiger charge is 2.12. The number of nitrogens with two attached hydrogens (primary N) is 1. The van der Waals surface area contributed by atoms with E-state index in [0.29, 0.717) is 12.4 Å². The molecule has 5 nitrogen and oxygen atoms in total. The van der Waals surface area contributed by atoms with Gasteiger partial charge in [-0.2, -0.15) is 4.98 Å². The van der Waals surface area contributed by atoms with Crippen LogP contribution in [0, 0.1) is 0 Å². The first-order chi connectivity index (χ1) is 7.86. The standard InChI is InChI=1S/C10H16N4OS/c1-15-9-8(7-12-4-2-3-11)14-5-6-16-10(14)13-9/h5-6,12H,2-4,7,11H2,1H3. The third-order valence-corrected chi connectivity index (χ3v) is 3.12. The second-order valence-electron chi connectivity index (χ2n) is 3.44. The van der Waals surface area contributed by atoms with Crippen LogP contribution in [0.5, 0.6) is 5.88 Å². The molecular formula is C10H16N4OS. The van der Waals surface area contributed by atoms with Crippen LogP contribution >= 0.6 is 11.3 Å². The van der Waals surface area contributed by atoms with Gasteiger partial charge in [0.05, 0.1) is 7.11 Å².